The van der Waals surface area contributed by atoms with Gasteiger partial charge in [0.1, 0.15) is 0 Å². The van der Waals surface area contributed by atoms with Gasteiger partial charge in [0, 0.05) is 30.4 Å². The Morgan fingerprint density at radius 3 is 2.44 bits per heavy atom. The van der Waals surface area contributed by atoms with Gasteiger partial charge in [0.25, 0.3) is 0 Å². The Kier molecular flexibility index (Phi) is 5.09. The molecule has 1 amide bonds. The SMILES string of the molecule is O=C(O)C(F)(F)F.O=C1Nc2ccccc2C12CCN(c1nccs1)CC2. The summed E-state index contributed by atoms with van der Waals surface area (Å²) in [7, 11) is 0. The number of aromatic nitrogens is 1. The van der Waals surface area contributed by atoms with Crippen LogP contribution in [0.5, 0.6) is 0 Å². The number of thiazole rings is 1. The minimum atomic E-state index is -5.08. The zero-order valence-electron chi connectivity index (χ0n) is 14.0. The molecule has 2 aliphatic heterocycles. The van der Waals surface area contributed by atoms with E-state index in [1.807, 2.05) is 29.8 Å². The maximum absolute atomic E-state index is 12.5. The Balaban J connectivity index is 0.000000260. The van der Waals surface area contributed by atoms with E-state index in [-0.39, 0.29) is 11.3 Å². The van der Waals surface area contributed by atoms with Crippen LogP contribution in [0.1, 0.15) is 18.4 Å². The molecular weight excluding hydrogens is 383 g/mol. The first-order valence-corrected chi connectivity index (χ1v) is 8.97. The first kappa shape index (κ1) is 19.2. The summed E-state index contributed by atoms with van der Waals surface area (Å²) < 4.78 is 31.7. The van der Waals surface area contributed by atoms with Crippen molar-refractivity contribution in [1.82, 2.24) is 4.98 Å². The monoisotopic (exact) mass is 399 g/mol. The Hall–Kier alpha value is -2.62. The molecule has 4 rings (SSSR count). The van der Waals surface area contributed by atoms with Gasteiger partial charge < -0.3 is 15.3 Å². The number of carbonyl (C=O) groups is 2. The van der Waals surface area contributed by atoms with Gasteiger partial charge in [-0.2, -0.15) is 13.2 Å². The highest BCUT2D eigenvalue weighted by molar-refractivity contribution is 7.13. The fourth-order valence-corrected chi connectivity index (χ4v) is 4.02. The Morgan fingerprint density at radius 2 is 1.89 bits per heavy atom. The first-order valence-electron chi connectivity index (χ1n) is 8.09. The number of carboxylic acid groups (broad SMARTS) is 1. The summed E-state index contributed by atoms with van der Waals surface area (Å²) in [5.74, 6) is -2.59. The lowest BCUT2D eigenvalue weighted by Gasteiger charge is -2.37. The van der Waals surface area contributed by atoms with Crippen molar-refractivity contribution in [2.45, 2.75) is 24.4 Å². The second kappa shape index (κ2) is 7.18. The number of amides is 1. The fourth-order valence-electron chi connectivity index (χ4n) is 3.32. The number of piperidine rings is 1. The third-order valence-corrected chi connectivity index (χ3v) is 5.51. The fraction of sp³-hybridized carbons (Fsp3) is 0.353. The van der Waals surface area contributed by atoms with Gasteiger partial charge in [-0.3, -0.25) is 4.79 Å². The van der Waals surface area contributed by atoms with Crippen LogP contribution < -0.4 is 10.2 Å². The van der Waals surface area contributed by atoms with Gasteiger partial charge >= 0.3 is 12.1 Å². The van der Waals surface area contributed by atoms with Crippen LogP contribution in [0.15, 0.2) is 35.8 Å². The highest BCUT2D eigenvalue weighted by atomic mass is 32.1. The van der Waals surface area contributed by atoms with Gasteiger partial charge in [0.15, 0.2) is 5.13 Å². The zero-order chi connectivity index (χ0) is 19.7. The molecule has 2 N–H and O–H groups in total. The van der Waals surface area contributed by atoms with Gasteiger partial charge in [0.2, 0.25) is 5.91 Å². The standard InChI is InChI=1S/C15H15N3OS.C2HF3O2/c19-13-15(11-3-1-2-4-12(11)17-13)5-8-18(9-6-15)14-16-7-10-20-14;3-2(4,5)1(6)7/h1-4,7,10H,5-6,8-9H2,(H,17,19);(H,6,7). The molecule has 2 aromatic rings. The number of halogens is 3. The molecule has 2 aliphatic rings. The average Bonchev–Trinajstić information content (AvgIpc) is 3.24. The molecule has 6 nitrogen and oxygen atoms in total. The van der Waals surface area contributed by atoms with Crippen LogP contribution in [0, 0.1) is 0 Å². The number of carbonyl (C=O) groups excluding carboxylic acids is 1. The second-order valence-electron chi connectivity index (χ2n) is 6.19. The summed E-state index contributed by atoms with van der Waals surface area (Å²) in [5.41, 5.74) is 1.83. The quantitative estimate of drug-likeness (QED) is 0.769. The van der Waals surface area contributed by atoms with E-state index in [2.05, 4.69) is 21.3 Å². The van der Waals surface area contributed by atoms with Crippen LogP contribution >= 0.6 is 11.3 Å². The minimum Gasteiger partial charge on any atom is -0.475 e. The van der Waals surface area contributed by atoms with Crippen molar-refractivity contribution in [3.8, 4) is 0 Å². The number of nitrogens with zero attached hydrogens (tertiary/aromatic N) is 2. The lowest BCUT2D eigenvalue weighted by atomic mass is 9.74. The number of alkyl halides is 3. The summed E-state index contributed by atoms with van der Waals surface area (Å²) in [6.45, 7) is 1.77. The van der Waals surface area contributed by atoms with Crippen LogP contribution in [0.25, 0.3) is 0 Å². The van der Waals surface area contributed by atoms with Crippen molar-refractivity contribution in [1.29, 1.82) is 0 Å². The first-order chi connectivity index (χ1) is 12.7. The molecule has 0 atom stereocenters. The molecule has 27 heavy (non-hydrogen) atoms. The molecule has 1 aromatic carbocycles. The van der Waals surface area contributed by atoms with Crippen LogP contribution in [-0.4, -0.2) is 41.2 Å². The summed E-state index contributed by atoms with van der Waals surface area (Å²) in [4.78, 5) is 28.0. The number of carboxylic acids is 1. The van der Waals surface area contributed by atoms with Crippen LogP contribution in [0.3, 0.4) is 0 Å². The van der Waals surface area contributed by atoms with Crippen molar-refractivity contribution < 1.29 is 27.9 Å². The molecule has 1 fully saturated rings. The lowest BCUT2D eigenvalue weighted by Crippen LogP contribution is -2.46. The smallest absolute Gasteiger partial charge is 0.475 e. The highest BCUT2D eigenvalue weighted by Gasteiger charge is 2.48. The summed E-state index contributed by atoms with van der Waals surface area (Å²) >= 11 is 1.66. The molecular formula is C17H16F3N3O3S. The van der Waals surface area contributed by atoms with Crippen molar-refractivity contribution in [3.05, 3.63) is 41.4 Å². The predicted molar refractivity (Wildman–Crippen MR) is 94.0 cm³/mol. The van der Waals surface area contributed by atoms with Crippen molar-refractivity contribution in [2.75, 3.05) is 23.3 Å². The number of rotatable bonds is 1. The van der Waals surface area contributed by atoms with Crippen molar-refractivity contribution in [2.24, 2.45) is 0 Å². The molecule has 1 spiro atoms. The summed E-state index contributed by atoms with van der Waals surface area (Å²) in [6, 6.07) is 8.08. The normalized spacial score (nSPS) is 17.7. The number of nitrogens with one attached hydrogen (secondary N) is 1. The number of hydrogen-bond donors (Lipinski definition) is 2. The zero-order valence-corrected chi connectivity index (χ0v) is 14.8. The van der Waals surface area contributed by atoms with Gasteiger partial charge in [0.05, 0.1) is 5.41 Å². The lowest BCUT2D eigenvalue weighted by molar-refractivity contribution is -0.192. The molecule has 10 heteroatoms. The van der Waals surface area contributed by atoms with E-state index in [1.54, 1.807) is 11.3 Å². The number of fused-ring (bicyclic) bond motifs is 2. The largest absolute Gasteiger partial charge is 0.490 e. The Bertz CT molecular complexity index is 831. The molecule has 3 heterocycles. The van der Waals surface area contributed by atoms with Crippen molar-refractivity contribution in [3.63, 3.8) is 0 Å². The number of aliphatic carboxylic acids is 1. The molecule has 144 valence electrons. The van der Waals surface area contributed by atoms with Crippen molar-refractivity contribution >= 4 is 34.0 Å². The number of anilines is 2. The molecule has 1 aromatic heterocycles. The van der Waals surface area contributed by atoms with Gasteiger partial charge in [-0.05, 0) is 24.5 Å². The van der Waals surface area contributed by atoms with E-state index in [0.717, 1.165) is 36.8 Å². The van der Waals surface area contributed by atoms with E-state index in [0.29, 0.717) is 0 Å². The van der Waals surface area contributed by atoms with Crippen LogP contribution in [0.2, 0.25) is 0 Å². The molecule has 0 radical (unpaired) electrons. The van der Waals surface area contributed by atoms with E-state index in [9.17, 15) is 18.0 Å². The van der Waals surface area contributed by atoms with E-state index < -0.39 is 12.1 Å². The number of para-hydroxylation sites is 1. The second-order valence-corrected chi connectivity index (χ2v) is 7.06. The van der Waals surface area contributed by atoms with Crippen LogP contribution in [-0.2, 0) is 15.0 Å². The molecule has 1 saturated heterocycles. The molecule has 0 aliphatic carbocycles. The third-order valence-electron chi connectivity index (χ3n) is 4.67. The van der Waals surface area contributed by atoms with Gasteiger partial charge in [-0.15, -0.1) is 11.3 Å². The number of hydrogen-bond acceptors (Lipinski definition) is 5. The molecule has 0 bridgehead atoms. The third kappa shape index (κ3) is 3.75. The van der Waals surface area contributed by atoms with E-state index in [4.69, 9.17) is 9.90 Å². The Labute approximate surface area is 156 Å². The molecule has 0 unspecified atom stereocenters. The Morgan fingerprint density at radius 1 is 1.26 bits per heavy atom. The maximum Gasteiger partial charge on any atom is 0.490 e. The number of benzene rings is 1. The average molecular weight is 399 g/mol. The van der Waals surface area contributed by atoms with E-state index >= 15 is 0 Å². The van der Waals surface area contributed by atoms with Gasteiger partial charge in [-0.25, -0.2) is 9.78 Å². The van der Waals surface area contributed by atoms with Crippen LogP contribution in [0.4, 0.5) is 24.0 Å². The highest BCUT2D eigenvalue weighted by Crippen LogP contribution is 2.45. The maximum atomic E-state index is 12.5. The van der Waals surface area contributed by atoms with E-state index in [1.165, 1.54) is 5.56 Å². The predicted octanol–water partition coefficient (Wildman–Crippen LogP) is 3.27. The topological polar surface area (TPSA) is 82.5 Å². The molecule has 0 saturated carbocycles. The minimum absolute atomic E-state index is 0.164. The summed E-state index contributed by atoms with van der Waals surface area (Å²) in [6.07, 6.45) is -1.53. The van der Waals surface area contributed by atoms with Gasteiger partial charge in [-0.1, -0.05) is 18.2 Å². The summed E-state index contributed by atoms with van der Waals surface area (Å²) in [5, 5.41) is 13.2.